The van der Waals surface area contributed by atoms with Crippen LogP contribution in [0.2, 0.25) is 0 Å². The maximum absolute atomic E-state index is 12.3. The minimum atomic E-state index is -3.07. The molecule has 0 aromatic carbocycles. The summed E-state index contributed by atoms with van der Waals surface area (Å²) in [6.07, 6.45) is 6.76. The van der Waals surface area contributed by atoms with Crippen LogP contribution in [-0.2, 0) is 10.0 Å². The van der Waals surface area contributed by atoms with Crippen LogP contribution >= 0.6 is 15.9 Å². The Bertz CT molecular complexity index is 589. The fourth-order valence-electron chi connectivity index (χ4n) is 2.54. The van der Waals surface area contributed by atoms with E-state index in [1.807, 2.05) is 0 Å². The Morgan fingerprint density at radius 3 is 2.67 bits per heavy atom. The van der Waals surface area contributed by atoms with Crippen LogP contribution in [0.1, 0.15) is 25.7 Å². The molecule has 1 aliphatic carbocycles. The van der Waals surface area contributed by atoms with E-state index in [2.05, 4.69) is 25.9 Å². The van der Waals surface area contributed by atoms with E-state index < -0.39 is 10.0 Å². The third-order valence-electron chi connectivity index (χ3n) is 3.83. The van der Waals surface area contributed by atoms with Crippen molar-refractivity contribution < 1.29 is 13.2 Å². The highest BCUT2D eigenvalue weighted by molar-refractivity contribution is 9.10. The van der Waals surface area contributed by atoms with Gasteiger partial charge >= 0.3 is 6.01 Å². The Morgan fingerprint density at radius 2 is 2.00 bits per heavy atom. The molecule has 0 amide bonds. The van der Waals surface area contributed by atoms with E-state index in [0.717, 1.165) is 30.2 Å². The van der Waals surface area contributed by atoms with Gasteiger partial charge in [0, 0.05) is 31.4 Å². The van der Waals surface area contributed by atoms with E-state index in [0.29, 0.717) is 25.7 Å². The lowest BCUT2D eigenvalue weighted by Crippen LogP contribution is -2.43. The number of sulfonamides is 1. The third-order valence-corrected chi connectivity index (χ3v) is 6.61. The van der Waals surface area contributed by atoms with E-state index in [9.17, 15) is 8.42 Å². The minimum Gasteiger partial charge on any atom is -0.463 e. The van der Waals surface area contributed by atoms with Crippen LogP contribution in [-0.4, -0.2) is 47.6 Å². The molecule has 1 unspecified atom stereocenters. The monoisotopic (exact) mass is 375 g/mol. The molecule has 21 heavy (non-hydrogen) atoms. The molecule has 0 radical (unpaired) electrons. The van der Waals surface area contributed by atoms with Gasteiger partial charge in [0.05, 0.1) is 16.3 Å². The highest BCUT2D eigenvalue weighted by Gasteiger charge is 2.41. The molecule has 2 fully saturated rings. The molecule has 6 nitrogen and oxygen atoms in total. The van der Waals surface area contributed by atoms with Crippen molar-refractivity contribution in [2.75, 3.05) is 19.7 Å². The predicted octanol–water partition coefficient (Wildman–Crippen LogP) is 1.82. The number of hydrogen-bond donors (Lipinski definition) is 0. The summed E-state index contributed by atoms with van der Waals surface area (Å²) in [4.78, 5) is 8.11. The van der Waals surface area contributed by atoms with Crippen molar-refractivity contribution in [1.82, 2.24) is 14.3 Å². The molecule has 116 valence electrons. The molecular weight excluding hydrogens is 358 g/mol. The lowest BCUT2D eigenvalue weighted by Gasteiger charge is -2.31. The van der Waals surface area contributed by atoms with Gasteiger partial charge in [-0.2, -0.15) is 0 Å². The first kappa shape index (κ1) is 15.2. The van der Waals surface area contributed by atoms with Crippen molar-refractivity contribution in [1.29, 1.82) is 0 Å². The zero-order chi connectivity index (χ0) is 14.9. The van der Waals surface area contributed by atoms with Crippen molar-refractivity contribution in [2.24, 2.45) is 5.92 Å². The number of aromatic nitrogens is 2. The topological polar surface area (TPSA) is 72.4 Å². The van der Waals surface area contributed by atoms with Gasteiger partial charge in [-0.3, -0.25) is 0 Å². The molecule has 1 aliphatic heterocycles. The molecule has 8 heteroatoms. The van der Waals surface area contributed by atoms with Crippen LogP contribution in [0.3, 0.4) is 0 Å². The van der Waals surface area contributed by atoms with Gasteiger partial charge in [-0.15, -0.1) is 0 Å². The zero-order valence-corrected chi connectivity index (χ0v) is 14.0. The number of ether oxygens (including phenoxy) is 1. The van der Waals surface area contributed by atoms with E-state index >= 15 is 0 Å². The second-order valence-electron chi connectivity index (χ2n) is 5.61. The number of hydrogen-bond acceptors (Lipinski definition) is 5. The summed E-state index contributed by atoms with van der Waals surface area (Å²) in [5.74, 6) is 0.208. The molecular formula is C13H18BrN3O3S. The number of rotatable bonds is 5. The highest BCUT2D eigenvalue weighted by Crippen LogP contribution is 2.33. The third kappa shape index (κ3) is 3.73. The van der Waals surface area contributed by atoms with Crippen molar-refractivity contribution >= 4 is 26.0 Å². The Kier molecular flexibility index (Phi) is 4.46. The Morgan fingerprint density at radius 1 is 1.29 bits per heavy atom. The van der Waals surface area contributed by atoms with Gasteiger partial charge in [-0.25, -0.2) is 22.7 Å². The maximum Gasteiger partial charge on any atom is 0.316 e. The lowest BCUT2D eigenvalue weighted by molar-refractivity contribution is 0.171. The fourth-order valence-corrected chi connectivity index (χ4v) is 4.70. The van der Waals surface area contributed by atoms with Gasteiger partial charge in [0.2, 0.25) is 10.0 Å². The average Bonchev–Trinajstić information content (AvgIpc) is 3.32. The molecule has 1 aromatic heterocycles. The van der Waals surface area contributed by atoms with Crippen molar-refractivity contribution in [3.63, 3.8) is 0 Å². The smallest absolute Gasteiger partial charge is 0.316 e. The summed E-state index contributed by atoms with van der Waals surface area (Å²) >= 11 is 3.27. The van der Waals surface area contributed by atoms with E-state index in [-0.39, 0.29) is 11.2 Å². The van der Waals surface area contributed by atoms with E-state index in [4.69, 9.17) is 4.74 Å². The van der Waals surface area contributed by atoms with Gasteiger partial charge in [-0.1, -0.05) is 0 Å². The van der Waals surface area contributed by atoms with Gasteiger partial charge in [-0.05, 0) is 41.6 Å². The summed E-state index contributed by atoms with van der Waals surface area (Å²) < 4.78 is 32.5. The first-order valence-electron chi connectivity index (χ1n) is 7.15. The Hall–Kier alpha value is -0.730. The van der Waals surface area contributed by atoms with Crippen LogP contribution in [0.15, 0.2) is 16.9 Å². The zero-order valence-electron chi connectivity index (χ0n) is 11.6. The molecule has 2 aliphatic rings. The number of nitrogens with zero attached hydrogens (tertiary/aromatic N) is 3. The van der Waals surface area contributed by atoms with E-state index in [1.54, 1.807) is 16.7 Å². The largest absolute Gasteiger partial charge is 0.463 e. The van der Waals surface area contributed by atoms with Crippen LogP contribution in [0.4, 0.5) is 0 Å². The summed E-state index contributed by atoms with van der Waals surface area (Å²) in [5, 5.41) is -0.132. The maximum atomic E-state index is 12.3. The quantitative estimate of drug-likeness (QED) is 0.784. The van der Waals surface area contributed by atoms with Crippen molar-refractivity contribution in [3.05, 3.63) is 16.9 Å². The first-order valence-corrected chi connectivity index (χ1v) is 9.44. The minimum absolute atomic E-state index is 0.132. The summed E-state index contributed by atoms with van der Waals surface area (Å²) in [7, 11) is -3.07. The number of halogens is 1. The molecule has 3 rings (SSSR count). The highest BCUT2D eigenvalue weighted by atomic mass is 79.9. The normalized spacial score (nSPS) is 24.0. The lowest BCUT2D eigenvalue weighted by atomic mass is 10.0. The van der Waals surface area contributed by atoms with Gasteiger partial charge in [0.15, 0.2) is 0 Å². The SMILES string of the molecule is O=S(=O)(C1CC1)N1CCCC(COc2ncc(Br)cn2)C1. The second kappa shape index (κ2) is 6.18. The van der Waals surface area contributed by atoms with Crippen LogP contribution in [0, 0.1) is 5.92 Å². The van der Waals surface area contributed by atoms with Gasteiger partial charge in [0.1, 0.15) is 0 Å². The molecule has 1 atom stereocenters. The van der Waals surface area contributed by atoms with Crippen LogP contribution < -0.4 is 4.74 Å². The molecule has 2 heterocycles. The molecule has 1 aromatic rings. The van der Waals surface area contributed by atoms with Gasteiger partial charge in [0.25, 0.3) is 0 Å². The first-order chi connectivity index (χ1) is 10.1. The fraction of sp³-hybridized carbons (Fsp3) is 0.692. The Labute approximate surface area is 133 Å². The predicted molar refractivity (Wildman–Crippen MR) is 81.5 cm³/mol. The molecule has 0 N–H and O–H groups in total. The van der Waals surface area contributed by atoms with Crippen LogP contribution in [0.25, 0.3) is 0 Å². The second-order valence-corrected chi connectivity index (χ2v) is 8.73. The van der Waals surface area contributed by atoms with Crippen molar-refractivity contribution in [3.8, 4) is 6.01 Å². The van der Waals surface area contributed by atoms with Crippen LogP contribution in [0.5, 0.6) is 6.01 Å². The molecule has 0 spiro atoms. The summed E-state index contributed by atoms with van der Waals surface area (Å²) in [6, 6.07) is 0.334. The standard InChI is InChI=1S/C13H18BrN3O3S/c14-11-6-15-13(16-7-11)20-9-10-2-1-5-17(8-10)21(18,19)12-3-4-12/h6-7,10,12H,1-5,8-9H2. The average molecular weight is 376 g/mol. The van der Waals surface area contributed by atoms with Gasteiger partial charge < -0.3 is 4.74 Å². The van der Waals surface area contributed by atoms with E-state index in [1.165, 1.54) is 0 Å². The molecule has 1 saturated heterocycles. The molecule has 0 bridgehead atoms. The number of piperidine rings is 1. The summed E-state index contributed by atoms with van der Waals surface area (Å²) in [6.45, 7) is 1.65. The summed E-state index contributed by atoms with van der Waals surface area (Å²) in [5.41, 5.74) is 0. The Balaban J connectivity index is 1.55. The van der Waals surface area contributed by atoms with Crippen molar-refractivity contribution in [2.45, 2.75) is 30.9 Å². The molecule has 1 saturated carbocycles.